The maximum absolute atomic E-state index is 5.56. The minimum Gasteiger partial charge on any atom is -0.481 e. The predicted molar refractivity (Wildman–Crippen MR) is 89.0 cm³/mol. The van der Waals surface area contributed by atoms with E-state index in [-0.39, 0.29) is 0 Å². The summed E-state index contributed by atoms with van der Waals surface area (Å²) in [6, 6.07) is 3.82. The summed E-state index contributed by atoms with van der Waals surface area (Å²) >= 11 is 0. The van der Waals surface area contributed by atoms with E-state index in [9.17, 15) is 0 Å². The average Bonchev–Trinajstić information content (AvgIpc) is 2.70. The van der Waals surface area contributed by atoms with Gasteiger partial charge in [0, 0.05) is 18.1 Å². The zero-order valence-corrected chi connectivity index (χ0v) is 14.5. The van der Waals surface area contributed by atoms with Crippen LogP contribution in [0.15, 0.2) is 18.3 Å². The number of aromatic nitrogens is 3. The molecule has 1 aliphatic rings. The van der Waals surface area contributed by atoms with E-state index >= 15 is 0 Å². The van der Waals surface area contributed by atoms with Crippen LogP contribution < -0.4 is 15.4 Å². The largest absolute Gasteiger partial charge is 0.481 e. The highest BCUT2D eigenvalue weighted by atomic mass is 28.3. The topological polar surface area (TPSA) is 61.2 Å². The first-order valence-corrected chi connectivity index (χ1v) is 10.9. The highest BCUT2D eigenvalue weighted by Crippen LogP contribution is 2.24. The molecule has 1 aliphatic heterocycles. The summed E-state index contributed by atoms with van der Waals surface area (Å²) in [5.41, 5.74) is 2.21. The van der Waals surface area contributed by atoms with Crippen molar-refractivity contribution in [2.75, 3.05) is 25.8 Å². The molecular formula is C15H22N4O2Si. The van der Waals surface area contributed by atoms with Gasteiger partial charge in [-0.05, 0) is 6.07 Å². The van der Waals surface area contributed by atoms with Crippen molar-refractivity contribution in [1.29, 1.82) is 0 Å². The number of hydrogen-bond donors (Lipinski definition) is 1. The fourth-order valence-corrected chi connectivity index (χ4v) is 4.19. The van der Waals surface area contributed by atoms with Gasteiger partial charge in [0.05, 0.1) is 30.9 Å². The van der Waals surface area contributed by atoms with Gasteiger partial charge in [0.1, 0.15) is 20.6 Å². The Kier molecular flexibility index (Phi) is 3.92. The van der Waals surface area contributed by atoms with E-state index in [1.807, 2.05) is 16.8 Å². The monoisotopic (exact) mass is 318 g/mol. The Morgan fingerprint density at radius 1 is 1.32 bits per heavy atom. The molecule has 22 heavy (non-hydrogen) atoms. The van der Waals surface area contributed by atoms with Gasteiger partial charge < -0.3 is 14.8 Å². The predicted octanol–water partition coefficient (Wildman–Crippen LogP) is 1.76. The van der Waals surface area contributed by atoms with E-state index in [1.165, 1.54) is 10.9 Å². The lowest BCUT2D eigenvalue weighted by atomic mass is 10.2. The van der Waals surface area contributed by atoms with Crippen molar-refractivity contribution < 1.29 is 9.47 Å². The first kappa shape index (κ1) is 15.0. The van der Waals surface area contributed by atoms with Crippen molar-refractivity contribution in [3.8, 4) is 11.6 Å². The summed E-state index contributed by atoms with van der Waals surface area (Å²) in [4.78, 5) is 4.29. The summed E-state index contributed by atoms with van der Waals surface area (Å²) in [7, 11) is 0.0778. The van der Waals surface area contributed by atoms with E-state index in [1.54, 1.807) is 13.3 Å². The SMILES string of the molecule is COc1ccc(-n2nc([Si](C)(C)C)c3c2NCOCC3)cn1. The van der Waals surface area contributed by atoms with E-state index in [4.69, 9.17) is 14.6 Å². The highest BCUT2D eigenvalue weighted by Gasteiger charge is 2.29. The number of pyridine rings is 1. The fraction of sp³-hybridized carbons (Fsp3) is 0.467. The molecular weight excluding hydrogens is 296 g/mol. The van der Waals surface area contributed by atoms with E-state index in [2.05, 4.69) is 29.9 Å². The molecule has 7 heteroatoms. The van der Waals surface area contributed by atoms with E-state index in [0.29, 0.717) is 12.6 Å². The number of ether oxygens (including phenoxy) is 2. The zero-order valence-electron chi connectivity index (χ0n) is 13.5. The smallest absolute Gasteiger partial charge is 0.213 e. The summed E-state index contributed by atoms with van der Waals surface area (Å²) in [6.07, 6.45) is 2.68. The van der Waals surface area contributed by atoms with Crippen LogP contribution >= 0.6 is 0 Å². The van der Waals surface area contributed by atoms with Crippen LogP contribution in [0.1, 0.15) is 5.56 Å². The molecule has 0 unspecified atom stereocenters. The van der Waals surface area contributed by atoms with Crippen LogP contribution in [0.5, 0.6) is 5.88 Å². The molecule has 0 fully saturated rings. The lowest BCUT2D eigenvalue weighted by Crippen LogP contribution is -2.41. The Balaban J connectivity index is 2.12. The van der Waals surface area contributed by atoms with Gasteiger partial charge in [-0.25, -0.2) is 9.67 Å². The third-order valence-corrected chi connectivity index (χ3v) is 5.53. The van der Waals surface area contributed by atoms with Gasteiger partial charge in [0.2, 0.25) is 5.88 Å². The van der Waals surface area contributed by atoms with Crippen LogP contribution in [0.4, 0.5) is 5.82 Å². The third kappa shape index (κ3) is 2.73. The van der Waals surface area contributed by atoms with Gasteiger partial charge in [-0.2, -0.15) is 5.10 Å². The van der Waals surface area contributed by atoms with Crippen molar-refractivity contribution >= 4 is 19.2 Å². The normalized spacial score (nSPS) is 14.9. The summed E-state index contributed by atoms with van der Waals surface area (Å²) in [5.74, 6) is 1.63. The van der Waals surface area contributed by atoms with Crippen LogP contribution in [0.3, 0.4) is 0 Å². The molecule has 0 saturated carbocycles. The summed E-state index contributed by atoms with van der Waals surface area (Å²) in [6.45, 7) is 8.19. The van der Waals surface area contributed by atoms with E-state index in [0.717, 1.165) is 24.5 Å². The molecule has 2 aromatic heterocycles. The maximum Gasteiger partial charge on any atom is 0.213 e. The quantitative estimate of drug-likeness (QED) is 0.874. The molecule has 0 spiro atoms. The molecule has 118 valence electrons. The highest BCUT2D eigenvalue weighted by molar-refractivity contribution is 6.88. The minimum absolute atomic E-state index is 0.507. The Labute approximate surface area is 131 Å². The molecule has 6 nitrogen and oxygen atoms in total. The van der Waals surface area contributed by atoms with Crippen molar-refractivity contribution in [2.24, 2.45) is 0 Å². The van der Waals surface area contributed by atoms with E-state index < -0.39 is 8.07 Å². The van der Waals surface area contributed by atoms with Crippen LogP contribution in [0, 0.1) is 0 Å². The molecule has 0 radical (unpaired) electrons. The molecule has 2 aromatic rings. The van der Waals surface area contributed by atoms with Gasteiger partial charge in [-0.15, -0.1) is 0 Å². The second kappa shape index (κ2) is 5.73. The number of hydrogen-bond acceptors (Lipinski definition) is 5. The Morgan fingerprint density at radius 3 is 2.77 bits per heavy atom. The molecule has 0 atom stereocenters. The minimum atomic E-state index is -1.54. The first-order chi connectivity index (χ1) is 10.5. The van der Waals surface area contributed by atoms with Crippen molar-refractivity contribution in [1.82, 2.24) is 14.8 Å². The second-order valence-corrected chi connectivity index (χ2v) is 11.3. The van der Waals surface area contributed by atoms with Gasteiger partial charge in [-0.3, -0.25) is 0 Å². The van der Waals surface area contributed by atoms with Crippen molar-refractivity contribution in [2.45, 2.75) is 26.1 Å². The molecule has 1 N–H and O–H groups in total. The molecule has 0 amide bonds. The molecule has 0 aromatic carbocycles. The van der Waals surface area contributed by atoms with Crippen LogP contribution in [0.25, 0.3) is 5.69 Å². The van der Waals surface area contributed by atoms with Gasteiger partial charge in [-0.1, -0.05) is 19.6 Å². The molecule has 3 rings (SSSR count). The molecule has 0 aliphatic carbocycles. The lowest BCUT2D eigenvalue weighted by Gasteiger charge is -2.14. The number of nitrogens with zero attached hydrogens (tertiary/aromatic N) is 3. The van der Waals surface area contributed by atoms with Crippen molar-refractivity contribution in [3.05, 3.63) is 23.9 Å². The second-order valence-electron chi connectivity index (χ2n) is 6.38. The number of rotatable bonds is 3. The lowest BCUT2D eigenvalue weighted by molar-refractivity contribution is 0.159. The average molecular weight is 318 g/mol. The van der Waals surface area contributed by atoms with Crippen LogP contribution in [0.2, 0.25) is 19.6 Å². The molecule has 0 bridgehead atoms. The molecule has 0 saturated heterocycles. The van der Waals surface area contributed by atoms with Gasteiger partial charge >= 0.3 is 0 Å². The summed E-state index contributed by atoms with van der Waals surface area (Å²) < 4.78 is 12.6. The van der Waals surface area contributed by atoms with Crippen molar-refractivity contribution in [3.63, 3.8) is 0 Å². The Morgan fingerprint density at radius 2 is 2.14 bits per heavy atom. The standard InChI is InChI=1S/C15H22N4O2Si/c1-20-13-6-5-11(9-16-13)19-14-12(7-8-21-10-17-14)15(18-19)22(2,3)4/h5-6,9,17H,7-8,10H2,1-4H3. The van der Waals surface area contributed by atoms with Gasteiger partial charge in [0.25, 0.3) is 0 Å². The molecule has 3 heterocycles. The zero-order chi connectivity index (χ0) is 15.7. The third-order valence-electron chi connectivity index (χ3n) is 3.71. The first-order valence-electron chi connectivity index (χ1n) is 7.45. The van der Waals surface area contributed by atoms with Crippen LogP contribution in [-0.2, 0) is 11.2 Å². The number of anilines is 1. The Bertz CT molecular complexity index is 661. The van der Waals surface area contributed by atoms with Gasteiger partial charge in [0.15, 0.2) is 0 Å². The Hall–Kier alpha value is -1.86. The van der Waals surface area contributed by atoms with Crippen LogP contribution in [-0.4, -0.2) is 43.3 Å². The summed E-state index contributed by atoms with van der Waals surface area (Å²) in [5, 5.41) is 9.50. The number of nitrogens with one attached hydrogen (secondary N) is 1. The fourth-order valence-electron chi connectivity index (χ4n) is 2.64. The number of methoxy groups -OCH3 is 1. The number of fused-ring (bicyclic) bond motifs is 1. The maximum atomic E-state index is 5.56.